The third-order valence-corrected chi connectivity index (χ3v) is 2.94. The molecule has 88 valence electrons. The lowest BCUT2D eigenvalue weighted by Gasteiger charge is -2.19. The van der Waals surface area contributed by atoms with E-state index < -0.39 is 0 Å². The molecule has 3 N–H and O–H groups in total. The van der Waals surface area contributed by atoms with Gasteiger partial charge < -0.3 is 16.0 Å². The summed E-state index contributed by atoms with van der Waals surface area (Å²) in [6.07, 6.45) is 0. The molecule has 0 aliphatic heterocycles. The lowest BCUT2D eigenvalue weighted by molar-refractivity contribution is 0.217. The first-order chi connectivity index (χ1) is 7.58. The number of amides is 2. The Bertz CT molecular complexity index is 377. The van der Waals surface area contributed by atoms with Gasteiger partial charge in [0.15, 0.2) is 0 Å². The van der Waals surface area contributed by atoms with Crippen LogP contribution in [0.1, 0.15) is 13.8 Å². The molecule has 0 unspecified atom stereocenters. The van der Waals surface area contributed by atoms with E-state index in [1.807, 2.05) is 13.8 Å². The Kier molecular flexibility index (Phi) is 4.61. The second-order valence-corrected chi connectivity index (χ2v) is 4.20. The van der Waals surface area contributed by atoms with Crippen molar-refractivity contribution in [2.24, 2.45) is 0 Å². The minimum Gasteiger partial charge on any atom is -0.399 e. The third-order valence-electron chi connectivity index (χ3n) is 2.29. The predicted molar refractivity (Wildman–Crippen MR) is 70.5 cm³/mol. The maximum Gasteiger partial charge on any atom is 0.321 e. The van der Waals surface area contributed by atoms with Gasteiger partial charge >= 0.3 is 6.03 Å². The van der Waals surface area contributed by atoms with E-state index in [1.165, 1.54) is 0 Å². The van der Waals surface area contributed by atoms with Gasteiger partial charge in [-0.05, 0) is 48.0 Å². The minimum absolute atomic E-state index is 0.101. The van der Waals surface area contributed by atoms with Crippen molar-refractivity contribution in [2.45, 2.75) is 13.8 Å². The molecule has 0 aromatic heterocycles. The molecule has 4 nitrogen and oxygen atoms in total. The van der Waals surface area contributed by atoms with Crippen LogP contribution in [0, 0.1) is 0 Å². The number of hydrogen-bond acceptors (Lipinski definition) is 2. The summed E-state index contributed by atoms with van der Waals surface area (Å²) in [6.45, 7) is 5.27. The smallest absolute Gasteiger partial charge is 0.321 e. The summed E-state index contributed by atoms with van der Waals surface area (Å²) in [6, 6.07) is 5.19. The average molecular weight is 286 g/mol. The van der Waals surface area contributed by atoms with Crippen molar-refractivity contribution in [1.29, 1.82) is 0 Å². The van der Waals surface area contributed by atoms with Gasteiger partial charge in [0.2, 0.25) is 0 Å². The SMILES string of the molecule is CCN(CC)C(=O)Nc1ccc(N)cc1Br. The van der Waals surface area contributed by atoms with E-state index in [-0.39, 0.29) is 6.03 Å². The summed E-state index contributed by atoms with van der Waals surface area (Å²) >= 11 is 3.36. The summed E-state index contributed by atoms with van der Waals surface area (Å²) in [5.41, 5.74) is 7.01. The Morgan fingerprint density at radius 1 is 1.44 bits per heavy atom. The van der Waals surface area contributed by atoms with E-state index in [0.717, 1.165) is 10.2 Å². The molecule has 0 saturated carbocycles. The second-order valence-electron chi connectivity index (χ2n) is 3.34. The lowest BCUT2D eigenvalue weighted by atomic mass is 10.3. The highest BCUT2D eigenvalue weighted by Gasteiger charge is 2.10. The number of carbonyl (C=O) groups excluding carboxylic acids is 1. The van der Waals surface area contributed by atoms with Gasteiger partial charge in [-0.3, -0.25) is 0 Å². The van der Waals surface area contributed by atoms with E-state index in [9.17, 15) is 4.79 Å². The lowest BCUT2D eigenvalue weighted by Crippen LogP contribution is -2.34. The van der Waals surface area contributed by atoms with Crippen molar-refractivity contribution in [3.05, 3.63) is 22.7 Å². The van der Waals surface area contributed by atoms with E-state index in [0.29, 0.717) is 18.8 Å². The molecule has 1 aromatic rings. The van der Waals surface area contributed by atoms with Crippen molar-refractivity contribution in [1.82, 2.24) is 4.90 Å². The van der Waals surface area contributed by atoms with Gasteiger partial charge in [-0.15, -0.1) is 0 Å². The number of nitrogens with two attached hydrogens (primary N) is 1. The van der Waals surface area contributed by atoms with Crippen molar-refractivity contribution in [2.75, 3.05) is 24.1 Å². The fourth-order valence-corrected chi connectivity index (χ4v) is 1.83. The number of nitrogen functional groups attached to an aromatic ring is 1. The zero-order valence-corrected chi connectivity index (χ0v) is 11.0. The fraction of sp³-hybridized carbons (Fsp3) is 0.364. The number of rotatable bonds is 3. The summed E-state index contributed by atoms with van der Waals surface area (Å²) < 4.78 is 0.785. The number of anilines is 2. The number of halogens is 1. The van der Waals surface area contributed by atoms with Crippen LogP contribution in [0.3, 0.4) is 0 Å². The van der Waals surface area contributed by atoms with Crippen LogP contribution in [0.4, 0.5) is 16.2 Å². The van der Waals surface area contributed by atoms with Gasteiger partial charge in [0.05, 0.1) is 5.69 Å². The largest absolute Gasteiger partial charge is 0.399 e. The van der Waals surface area contributed by atoms with Gasteiger partial charge in [-0.25, -0.2) is 4.79 Å². The van der Waals surface area contributed by atoms with Crippen LogP contribution in [-0.4, -0.2) is 24.0 Å². The average Bonchev–Trinajstić information content (AvgIpc) is 2.24. The van der Waals surface area contributed by atoms with Gasteiger partial charge in [0.25, 0.3) is 0 Å². The number of nitrogens with zero attached hydrogens (tertiary/aromatic N) is 1. The summed E-state index contributed by atoms with van der Waals surface area (Å²) in [7, 11) is 0. The standard InChI is InChI=1S/C11H16BrN3O/c1-3-15(4-2)11(16)14-10-6-5-8(13)7-9(10)12/h5-7H,3-4,13H2,1-2H3,(H,14,16). The highest BCUT2D eigenvalue weighted by Crippen LogP contribution is 2.24. The molecule has 0 saturated heterocycles. The van der Waals surface area contributed by atoms with Crippen LogP contribution in [0.5, 0.6) is 0 Å². The zero-order chi connectivity index (χ0) is 12.1. The molecule has 16 heavy (non-hydrogen) atoms. The van der Waals surface area contributed by atoms with Crippen LogP contribution in [0.2, 0.25) is 0 Å². The Balaban J connectivity index is 2.76. The second kappa shape index (κ2) is 5.75. The van der Waals surface area contributed by atoms with Crippen molar-refractivity contribution in [3.8, 4) is 0 Å². The van der Waals surface area contributed by atoms with Crippen LogP contribution < -0.4 is 11.1 Å². The van der Waals surface area contributed by atoms with Gasteiger partial charge in [-0.2, -0.15) is 0 Å². The Morgan fingerprint density at radius 3 is 2.56 bits per heavy atom. The number of benzene rings is 1. The highest BCUT2D eigenvalue weighted by atomic mass is 79.9. The van der Waals surface area contributed by atoms with Gasteiger partial charge in [0, 0.05) is 23.2 Å². The Labute approximate surface area is 104 Å². The van der Waals surface area contributed by atoms with E-state index in [1.54, 1.807) is 23.1 Å². The van der Waals surface area contributed by atoms with E-state index >= 15 is 0 Å². The maximum absolute atomic E-state index is 11.8. The molecule has 0 aliphatic rings. The molecule has 0 aliphatic carbocycles. The topological polar surface area (TPSA) is 58.4 Å². The molecule has 5 heteroatoms. The molecular formula is C11H16BrN3O. The normalized spacial score (nSPS) is 9.94. The van der Waals surface area contributed by atoms with E-state index in [4.69, 9.17) is 5.73 Å². The molecule has 0 fully saturated rings. The molecule has 0 heterocycles. The first kappa shape index (κ1) is 12.8. The molecule has 1 aromatic carbocycles. The fourth-order valence-electron chi connectivity index (χ4n) is 1.34. The number of carbonyl (C=O) groups is 1. The highest BCUT2D eigenvalue weighted by molar-refractivity contribution is 9.10. The van der Waals surface area contributed by atoms with E-state index in [2.05, 4.69) is 21.2 Å². The predicted octanol–water partition coefficient (Wildman–Crippen LogP) is 2.91. The number of hydrogen-bond donors (Lipinski definition) is 2. The molecule has 0 spiro atoms. The van der Waals surface area contributed by atoms with Gasteiger partial charge in [0.1, 0.15) is 0 Å². The van der Waals surface area contributed by atoms with Crippen LogP contribution in [0.25, 0.3) is 0 Å². The van der Waals surface area contributed by atoms with Crippen LogP contribution >= 0.6 is 15.9 Å². The van der Waals surface area contributed by atoms with Gasteiger partial charge in [-0.1, -0.05) is 0 Å². The maximum atomic E-state index is 11.8. The molecule has 2 amide bonds. The molecule has 0 bridgehead atoms. The Morgan fingerprint density at radius 2 is 2.06 bits per heavy atom. The van der Waals surface area contributed by atoms with Crippen molar-refractivity contribution in [3.63, 3.8) is 0 Å². The molecule has 0 atom stereocenters. The summed E-state index contributed by atoms with van der Waals surface area (Å²) in [5, 5.41) is 2.82. The molecule has 1 rings (SSSR count). The molecular weight excluding hydrogens is 270 g/mol. The monoisotopic (exact) mass is 285 g/mol. The first-order valence-corrected chi connectivity index (χ1v) is 5.98. The number of nitrogens with one attached hydrogen (secondary N) is 1. The third kappa shape index (κ3) is 3.13. The van der Waals surface area contributed by atoms with Crippen LogP contribution in [0.15, 0.2) is 22.7 Å². The summed E-state index contributed by atoms with van der Waals surface area (Å²) in [5.74, 6) is 0. The van der Waals surface area contributed by atoms with Crippen molar-refractivity contribution >= 4 is 33.3 Å². The van der Waals surface area contributed by atoms with Crippen molar-refractivity contribution < 1.29 is 4.79 Å². The molecule has 0 radical (unpaired) electrons. The first-order valence-electron chi connectivity index (χ1n) is 5.19. The summed E-state index contributed by atoms with van der Waals surface area (Å²) in [4.78, 5) is 13.5. The van der Waals surface area contributed by atoms with Crippen LogP contribution in [-0.2, 0) is 0 Å². The number of urea groups is 1. The minimum atomic E-state index is -0.101. The Hall–Kier alpha value is -1.23. The zero-order valence-electron chi connectivity index (χ0n) is 9.46. The quantitative estimate of drug-likeness (QED) is 0.839.